The molecule has 0 bridgehead atoms. The number of urea groups is 1. The first-order valence-electron chi connectivity index (χ1n) is 8.92. The first kappa shape index (κ1) is 17.1. The van der Waals surface area contributed by atoms with Gasteiger partial charge in [-0.05, 0) is 30.3 Å². The number of rotatable bonds is 2. The van der Waals surface area contributed by atoms with Gasteiger partial charge >= 0.3 is 6.03 Å². The van der Waals surface area contributed by atoms with Gasteiger partial charge in [0.15, 0.2) is 16.6 Å². The number of thiazole rings is 1. The van der Waals surface area contributed by atoms with Crippen LogP contribution in [-0.4, -0.2) is 48.9 Å². The monoisotopic (exact) mass is 400 g/mol. The molecule has 9 heteroatoms. The van der Waals surface area contributed by atoms with Gasteiger partial charge in [0.1, 0.15) is 5.82 Å². The van der Waals surface area contributed by atoms with Crippen molar-refractivity contribution in [2.75, 3.05) is 43.2 Å². The fraction of sp³-hybridized carbons (Fsp3) is 0.263. The van der Waals surface area contributed by atoms with Crippen LogP contribution < -0.4 is 19.7 Å². The Morgan fingerprint density at radius 1 is 1.07 bits per heavy atom. The molecule has 3 heterocycles. The van der Waals surface area contributed by atoms with E-state index in [1.807, 2.05) is 0 Å². The van der Waals surface area contributed by atoms with E-state index in [1.165, 1.54) is 23.5 Å². The van der Waals surface area contributed by atoms with Gasteiger partial charge in [-0.2, -0.15) is 0 Å². The van der Waals surface area contributed by atoms with Crippen molar-refractivity contribution in [3.63, 3.8) is 0 Å². The van der Waals surface area contributed by atoms with Crippen molar-refractivity contribution in [2.45, 2.75) is 0 Å². The third kappa shape index (κ3) is 3.18. The van der Waals surface area contributed by atoms with Crippen LogP contribution in [-0.2, 0) is 0 Å². The van der Waals surface area contributed by atoms with E-state index in [-0.39, 0.29) is 18.6 Å². The van der Waals surface area contributed by atoms with E-state index in [9.17, 15) is 9.18 Å². The largest absolute Gasteiger partial charge is 0.454 e. The Bertz CT molecular complexity index is 1050. The van der Waals surface area contributed by atoms with Crippen molar-refractivity contribution in [1.29, 1.82) is 0 Å². The highest BCUT2D eigenvalue weighted by Crippen LogP contribution is 2.34. The van der Waals surface area contributed by atoms with Crippen LogP contribution in [0.5, 0.6) is 11.5 Å². The predicted octanol–water partition coefficient (Wildman–Crippen LogP) is 3.52. The molecule has 2 aliphatic rings. The normalized spacial score (nSPS) is 15.9. The Kier molecular flexibility index (Phi) is 4.16. The average molecular weight is 400 g/mol. The van der Waals surface area contributed by atoms with Gasteiger partial charge in [-0.1, -0.05) is 11.3 Å². The van der Waals surface area contributed by atoms with Crippen LogP contribution in [0.25, 0.3) is 10.2 Å². The molecule has 5 rings (SSSR count). The number of halogens is 1. The number of anilines is 2. The molecular weight excluding hydrogens is 383 g/mol. The third-order valence-corrected chi connectivity index (χ3v) is 5.88. The Morgan fingerprint density at radius 3 is 2.75 bits per heavy atom. The lowest BCUT2D eigenvalue weighted by atomic mass is 10.3. The van der Waals surface area contributed by atoms with Gasteiger partial charge in [0.05, 0.1) is 10.2 Å². The maximum atomic E-state index is 13.4. The zero-order valence-corrected chi connectivity index (χ0v) is 15.7. The Balaban J connectivity index is 1.22. The lowest BCUT2D eigenvalue weighted by molar-refractivity contribution is 0.174. The van der Waals surface area contributed by atoms with E-state index in [4.69, 9.17) is 9.47 Å². The quantitative estimate of drug-likeness (QED) is 0.713. The first-order valence-corrected chi connectivity index (χ1v) is 9.74. The van der Waals surface area contributed by atoms with Crippen LogP contribution >= 0.6 is 11.3 Å². The van der Waals surface area contributed by atoms with Crippen LogP contribution in [0.2, 0.25) is 0 Å². The molecular formula is C19H17FN4O3S. The van der Waals surface area contributed by atoms with Gasteiger partial charge in [-0.25, -0.2) is 14.2 Å². The Hall–Kier alpha value is -3.07. The molecule has 2 aliphatic heterocycles. The Morgan fingerprint density at radius 2 is 1.89 bits per heavy atom. The summed E-state index contributed by atoms with van der Waals surface area (Å²) in [5.41, 5.74) is 1.47. The number of nitrogens with zero attached hydrogens (tertiary/aromatic N) is 3. The molecule has 144 valence electrons. The molecule has 2 aromatic carbocycles. The van der Waals surface area contributed by atoms with Gasteiger partial charge in [0.2, 0.25) is 6.79 Å². The van der Waals surface area contributed by atoms with Crippen LogP contribution in [0.1, 0.15) is 0 Å². The van der Waals surface area contributed by atoms with Crippen molar-refractivity contribution in [1.82, 2.24) is 9.88 Å². The van der Waals surface area contributed by atoms with E-state index < -0.39 is 0 Å². The van der Waals surface area contributed by atoms with E-state index in [0.717, 1.165) is 15.3 Å². The molecule has 7 nitrogen and oxygen atoms in total. The number of nitrogens with one attached hydrogen (secondary N) is 1. The molecule has 0 unspecified atom stereocenters. The third-order valence-electron chi connectivity index (χ3n) is 4.80. The van der Waals surface area contributed by atoms with Gasteiger partial charge < -0.3 is 24.6 Å². The second-order valence-corrected chi connectivity index (χ2v) is 7.59. The summed E-state index contributed by atoms with van der Waals surface area (Å²) in [4.78, 5) is 21.0. The van der Waals surface area contributed by atoms with Crippen molar-refractivity contribution >= 4 is 38.4 Å². The SMILES string of the molecule is O=C(Nc1ccc2c(c1)OCO2)N1CCN(c2nc3ccc(F)cc3s2)CC1. The number of hydrogen-bond donors (Lipinski definition) is 1. The van der Waals surface area contributed by atoms with Crippen molar-refractivity contribution < 1.29 is 18.7 Å². The Labute approximate surface area is 164 Å². The smallest absolute Gasteiger partial charge is 0.321 e. The second kappa shape index (κ2) is 6.83. The summed E-state index contributed by atoms with van der Waals surface area (Å²) in [5.74, 6) is 1.06. The fourth-order valence-corrected chi connectivity index (χ4v) is 4.34. The minimum Gasteiger partial charge on any atom is -0.454 e. The van der Waals surface area contributed by atoms with Crippen LogP contribution in [0.3, 0.4) is 0 Å². The topological polar surface area (TPSA) is 66.9 Å². The molecule has 28 heavy (non-hydrogen) atoms. The molecule has 0 aliphatic carbocycles. The van der Waals surface area contributed by atoms with Crippen molar-refractivity contribution in [2.24, 2.45) is 0 Å². The van der Waals surface area contributed by atoms with Crippen LogP contribution in [0.4, 0.5) is 20.0 Å². The molecule has 1 N–H and O–H groups in total. The number of aromatic nitrogens is 1. The molecule has 3 aromatic rings. The second-order valence-electron chi connectivity index (χ2n) is 6.58. The lowest BCUT2D eigenvalue weighted by Gasteiger charge is -2.34. The number of benzene rings is 2. The highest BCUT2D eigenvalue weighted by atomic mass is 32.1. The summed E-state index contributed by atoms with van der Waals surface area (Å²) in [6.45, 7) is 2.72. The summed E-state index contributed by atoms with van der Waals surface area (Å²) in [5, 5.41) is 3.76. The standard InChI is InChI=1S/C19H17FN4O3S/c20-12-1-3-14-17(9-12)28-19(22-14)24-7-5-23(6-8-24)18(25)21-13-2-4-15-16(10-13)27-11-26-15/h1-4,9-10H,5-8,11H2,(H,21,25). The van der Waals surface area contributed by atoms with E-state index in [2.05, 4.69) is 15.2 Å². The number of piperazine rings is 1. The molecule has 2 amide bonds. The summed E-state index contributed by atoms with van der Waals surface area (Å²) >= 11 is 1.47. The van der Waals surface area contributed by atoms with Crippen LogP contribution in [0.15, 0.2) is 36.4 Å². The molecule has 0 saturated carbocycles. The fourth-order valence-electron chi connectivity index (χ4n) is 3.30. The van der Waals surface area contributed by atoms with E-state index in [1.54, 1.807) is 29.2 Å². The van der Waals surface area contributed by atoms with Gasteiger partial charge in [0.25, 0.3) is 0 Å². The number of ether oxygens (including phenoxy) is 2. The summed E-state index contributed by atoms with van der Waals surface area (Å²) in [6, 6.07) is 9.81. The number of carbonyl (C=O) groups is 1. The summed E-state index contributed by atoms with van der Waals surface area (Å²) in [7, 11) is 0. The number of carbonyl (C=O) groups excluding carboxylic acids is 1. The van der Waals surface area contributed by atoms with Gasteiger partial charge in [-0.15, -0.1) is 0 Å². The first-order chi connectivity index (χ1) is 13.7. The molecule has 1 fully saturated rings. The number of amides is 2. The highest BCUT2D eigenvalue weighted by Gasteiger charge is 2.24. The number of hydrogen-bond acceptors (Lipinski definition) is 6. The lowest BCUT2D eigenvalue weighted by Crippen LogP contribution is -2.50. The van der Waals surface area contributed by atoms with Crippen molar-refractivity contribution in [3.05, 3.63) is 42.2 Å². The number of fused-ring (bicyclic) bond motifs is 2. The maximum Gasteiger partial charge on any atom is 0.321 e. The van der Waals surface area contributed by atoms with Crippen LogP contribution in [0, 0.1) is 5.82 Å². The average Bonchev–Trinajstić information content (AvgIpc) is 3.34. The minimum atomic E-state index is -0.257. The maximum absolute atomic E-state index is 13.4. The zero-order chi connectivity index (χ0) is 19.1. The summed E-state index contributed by atoms with van der Waals surface area (Å²) < 4.78 is 24.8. The molecule has 0 spiro atoms. The minimum absolute atomic E-state index is 0.148. The molecule has 1 aromatic heterocycles. The van der Waals surface area contributed by atoms with E-state index in [0.29, 0.717) is 43.4 Å². The molecule has 0 radical (unpaired) electrons. The highest BCUT2D eigenvalue weighted by molar-refractivity contribution is 7.22. The molecule has 1 saturated heterocycles. The van der Waals surface area contributed by atoms with Gasteiger partial charge in [0, 0.05) is 37.9 Å². The van der Waals surface area contributed by atoms with Gasteiger partial charge in [-0.3, -0.25) is 0 Å². The molecule has 0 atom stereocenters. The zero-order valence-electron chi connectivity index (χ0n) is 14.9. The van der Waals surface area contributed by atoms with Crippen molar-refractivity contribution in [3.8, 4) is 11.5 Å². The summed E-state index contributed by atoms with van der Waals surface area (Å²) in [6.07, 6.45) is 0. The van der Waals surface area contributed by atoms with E-state index >= 15 is 0 Å². The predicted molar refractivity (Wildman–Crippen MR) is 105 cm³/mol.